The summed E-state index contributed by atoms with van der Waals surface area (Å²) in [6.07, 6.45) is 0. The van der Waals surface area contributed by atoms with E-state index in [2.05, 4.69) is 84.5 Å². The molecule has 0 atom stereocenters. The van der Waals surface area contributed by atoms with E-state index >= 15 is 0 Å². The zero-order valence-corrected chi connectivity index (χ0v) is 13.3. The molecule has 0 unspecified atom stereocenters. The fourth-order valence-electron chi connectivity index (χ4n) is 2.11. The van der Waals surface area contributed by atoms with E-state index in [1.165, 1.54) is 22.3 Å². The number of hydrogen-bond donors (Lipinski definition) is 1. The minimum absolute atomic E-state index is 0.520. The van der Waals surface area contributed by atoms with Crippen LogP contribution in [0, 0.1) is 6.92 Å². The average Bonchev–Trinajstić information content (AvgIpc) is 2.38. The molecule has 2 rings (SSSR count). The minimum Gasteiger partial charge on any atom is -0.310 e. The van der Waals surface area contributed by atoms with Crippen molar-refractivity contribution in [1.82, 2.24) is 5.32 Å². The van der Waals surface area contributed by atoms with Gasteiger partial charge in [0, 0.05) is 17.1 Å². The monoisotopic (exact) mass is 317 g/mol. The Morgan fingerprint density at radius 2 is 1.74 bits per heavy atom. The van der Waals surface area contributed by atoms with Crippen molar-refractivity contribution in [3.05, 3.63) is 58.1 Å². The van der Waals surface area contributed by atoms with Gasteiger partial charge in [-0.15, -0.1) is 0 Å². The number of aryl methyl sites for hydroxylation is 1. The number of hydrogen-bond acceptors (Lipinski definition) is 1. The highest BCUT2D eigenvalue weighted by Gasteiger charge is 2.03. The molecule has 19 heavy (non-hydrogen) atoms. The standard InChI is InChI=1S/C17H20BrN/c1-12(2)19-11-14-4-9-17(13(3)10-14)15-5-7-16(18)8-6-15/h4-10,12,19H,11H2,1-3H3. The summed E-state index contributed by atoms with van der Waals surface area (Å²) in [6, 6.07) is 15.7. The van der Waals surface area contributed by atoms with E-state index in [1.807, 2.05) is 0 Å². The maximum Gasteiger partial charge on any atom is 0.0207 e. The fourth-order valence-corrected chi connectivity index (χ4v) is 2.38. The molecular formula is C17H20BrN. The van der Waals surface area contributed by atoms with Gasteiger partial charge in [-0.3, -0.25) is 0 Å². The van der Waals surface area contributed by atoms with Gasteiger partial charge in [0.1, 0.15) is 0 Å². The quantitative estimate of drug-likeness (QED) is 0.843. The molecule has 0 radical (unpaired) electrons. The third-order valence-electron chi connectivity index (χ3n) is 3.16. The summed E-state index contributed by atoms with van der Waals surface area (Å²) < 4.78 is 1.12. The number of halogens is 1. The Kier molecular flexibility index (Phi) is 4.78. The molecule has 1 N–H and O–H groups in total. The van der Waals surface area contributed by atoms with Gasteiger partial charge in [-0.2, -0.15) is 0 Å². The van der Waals surface area contributed by atoms with E-state index in [-0.39, 0.29) is 0 Å². The molecule has 2 aromatic rings. The van der Waals surface area contributed by atoms with Crippen LogP contribution in [0.2, 0.25) is 0 Å². The van der Waals surface area contributed by atoms with Crippen LogP contribution in [0.3, 0.4) is 0 Å². The first-order valence-electron chi connectivity index (χ1n) is 6.65. The molecule has 0 aliphatic carbocycles. The van der Waals surface area contributed by atoms with Crippen molar-refractivity contribution in [3.8, 4) is 11.1 Å². The molecular weight excluding hydrogens is 298 g/mol. The van der Waals surface area contributed by atoms with Crippen LogP contribution < -0.4 is 5.32 Å². The molecule has 0 aliphatic rings. The van der Waals surface area contributed by atoms with E-state index in [0.717, 1.165) is 11.0 Å². The molecule has 0 fully saturated rings. The van der Waals surface area contributed by atoms with Crippen LogP contribution in [0.5, 0.6) is 0 Å². The lowest BCUT2D eigenvalue weighted by Gasteiger charge is -2.11. The molecule has 0 spiro atoms. The van der Waals surface area contributed by atoms with Gasteiger partial charge in [0.25, 0.3) is 0 Å². The third-order valence-corrected chi connectivity index (χ3v) is 3.69. The van der Waals surface area contributed by atoms with Crippen LogP contribution in [-0.4, -0.2) is 6.04 Å². The van der Waals surface area contributed by atoms with Crippen LogP contribution in [-0.2, 0) is 6.54 Å². The lowest BCUT2D eigenvalue weighted by atomic mass is 9.98. The van der Waals surface area contributed by atoms with Crippen LogP contribution >= 0.6 is 15.9 Å². The van der Waals surface area contributed by atoms with Gasteiger partial charge in [0.2, 0.25) is 0 Å². The highest BCUT2D eigenvalue weighted by Crippen LogP contribution is 2.25. The Balaban J connectivity index is 2.21. The van der Waals surface area contributed by atoms with Crippen molar-refractivity contribution in [1.29, 1.82) is 0 Å². The Morgan fingerprint density at radius 1 is 1.05 bits per heavy atom. The van der Waals surface area contributed by atoms with Crippen molar-refractivity contribution in [2.75, 3.05) is 0 Å². The first-order valence-corrected chi connectivity index (χ1v) is 7.44. The lowest BCUT2D eigenvalue weighted by molar-refractivity contribution is 0.589. The van der Waals surface area contributed by atoms with E-state index in [1.54, 1.807) is 0 Å². The van der Waals surface area contributed by atoms with E-state index in [0.29, 0.717) is 6.04 Å². The minimum atomic E-state index is 0.520. The van der Waals surface area contributed by atoms with Crippen molar-refractivity contribution < 1.29 is 0 Å². The van der Waals surface area contributed by atoms with Crippen LogP contribution in [0.1, 0.15) is 25.0 Å². The molecule has 0 bridgehead atoms. The van der Waals surface area contributed by atoms with Gasteiger partial charge >= 0.3 is 0 Å². The predicted octanol–water partition coefficient (Wildman–Crippen LogP) is 4.92. The van der Waals surface area contributed by atoms with Gasteiger partial charge in [-0.05, 0) is 41.3 Å². The second-order valence-electron chi connectivity index (χ2n) is 5.19. The number of benzene rings is 2. The summed E-state index contributed by atoms with van der Waals surface area (Å²) in [5.74, 6) is 0. The zero-order chi connectivity index (χ0) is 13.8. The Hall–Kier alpha value is -1.12. The second kappa shape index (κ2) is 6.36. The van der Waals surface area contributed by atoms with Crippen molar-refractivity contribution in [2.45, 2.75) is 33.4 Å². The molecule has 2 heteroatoms. The molecule has 0 saturated carbocycles. The molecule has 2 aromatic carbocycles. The summed E-state index contributed by atoms with van der Waals surface area (Å²) in [5.41, 5.74) is 5.24. The van der Waals surface area contributed by atoms with Crippen molar-refractivity contribution >= 4 is 15.9 Å². The van der Waals surface area contributed by atoms with Gasteiger partial charge in [0.05, 0.1) is 0 Å². The first-order chi connectivity index (χ1) is 9.06. The zero-order valence-electron chi connectivity index (χ0n) is 11.7. The van der Waals surface area contributed by atoms with E-state index in [4.69, 9.17) is 0 Å². The summed E-state index contributed by atoms with van der Waals surface area (Å²) in [4.78, 5) is 0. The normalized spacial score (nSPS) is 11.0. The Labute approximate surface area is 124 Å². The SMILES string of the molecule is Cc1cc(CNC(C)C)ccc1-c1ccc(Br)cc1. The summed E-state index contributed by atoms with van der Waals surface area (Å²) in [5, 5.41) is 3.45. The highest BCUT2D eigenvalue weighted by molar-refractivity contribution is 9.10. The molecule has 100 valence electrons. The smallest absolute Gasteiger partial charge is 0.0207 e. The van der Waals surface area contributed by atoms with Gasteiger partial charge < -0.3 is 5.32 Å². The molecule has 0 saturated heterocycles. The molecule has 0 aromatic heterocycles. The van der Waals surface area contributed by atoms with Crippen LogP contribution in [0.25, 0.3) is 11.1 Å². The topological polar surface area (TPSA) is 12.0 Å². The predicted molar refractivity (Wildman–Crippen MR) is 86.3 cm³/mol. The Morgan fingerprint density at radius 3 is 2.32 bits per heavy atom. The maximum absolute atomic E-state index is 3.47. The molecule has 0 amide bonds. The largest absolute Gasteiger partial charge is 0.310 e. The molecule has 1 nitrogen and oxygen atoms in total. The maximum atomic E-state index is 3.47. The van der Waals surface area contributed by atoms with Crippen LogP contribution in [0.15, 0.2) is 46.9 Å². The van der Waals surface area contributed by atoms with Gasteiger partial charge in [0.15, 0.2) is 0 Å². The average molecular weight is 318 g/mol. The third kappa shape index (κ3) is 3.92. The fraction of sp³-hybridized carbons (Fsp3) is 0.294. The summed E-state index contributed by atoms with van der Waals surface area (Å²) in [6.45, 7) is 7.45. The molecule has 0 heterocycles. The van der Waals surface area contributed by atoms with Gasteiger partial charge in [-0.25, -0.2) is 0 Å². The summed E-state index contributed by atoms with van der Waals surface area (Å²) in [7, 11) is 0. The van der Waals surface area contributed by atoms with Crippen molar-refractivity contribution in [2.24, 2.45) is 0 Å². The van der Waals surface area contributed by atoms with Crippen molar-refractivity contribution in [3.63, 3.8) is 0 Å². The first kappa shape index (κ1) is 14.3. The Bertz CT molecular complexity index is 544. The highest BCUT2D eigenvalue weighted by atomic mass is 79.9. The van der Waals surface area contributed by atoms with E-state index in [9.17, 15) is 0 Å². The number of nitrogens with one attached hydrogen (secondary N) is 1. The van der Waals surface area contributed by atoms with E-state index < -0.39 is 0 Å². The second-order valence-corrected chi connectivity index (χ2v) is 6.11. The summed E-state index contributed by atoms with van der Waals surface area (Å²) >= 11 is 3.47. The van der Waals surface area contributed by atoms with Crippen LogP contribution in [0.4, 0.5) is 0 Å². The van der Waals surface area contributed by atoms with Gasteiger partial charge in [-0.1, -0.05) is 60.1 Å². The lowest BCUT2D eigenvalue weighted by Crippen LogP contribution is -2.21. The number of rotatable bonds is 4. The molecule has 0 aliphatic heterocycles.